The Morgan fingerprint density at radius 2 is 1.91 bits per heavy atom. The third-order valence-electron chi connectivity index (χ3n) is 1.42. The number of aryl methyl sites for hydroxylation is 1. The van der Waals surface area contributed by atoms with Gasteiger partial charge in [-0.05, 0) is 6.92 Å². The zero-order valence-corrected chi connectivity index (χ0v) is 7.73. The van der Waals surface area contributed by atoms with Crippen molar-refractivity contribution in [3.05, 3.63) is 40.4 Å². The molecule has 58 valence electrons. The maximum absolute atomic E-state index is 12.8. The minimum absolute atomic E-state index is 0.245. The van der Waals surface area contributed by atoms with Gasteiger partial charge in [-0.15, -0.1) is 0 Å². The van der Waals surface area contributed by atoms with E-state index in [2.05, 4.69) is 15.9 Å². The molecular weight excluding hydrogens is 207 g/mol. The summed E-state index contributed by atoms with van der Waals surface area (Å²) in [6, 6.07) is 7.27. The van der Waals surface area contributed by atoms with Gasteiger partial charge in [-0.3, -0.25) is 0 Å². The second-order valence-corrected chi connectivity index (χ2v) is 2.78. The molecule has 0 bridgehead atoms. The van der Waals surface area contributed by atoms with Crippen molar-refractivity contribution in [2.45, 2.75) is 6.92 Å². The average Bonchev–Trinajstić information content (AvgIpc) is 2.05. The van der Waals surface area contributed by atoms with Crippen LogP contribution in [0, 0.1) is 6.92 Å². The molecule has 0 amide bonds. The lowest BCUT2D eigenvalue weighted by molar-refractivity contribution is 0.762. The smallest absolute Gasteiger partial charge is 0.137 e. The van der Waals surface area contributed by atoms with Crippen LogP contribution < -0.4 is 0 Å². The van der Waals surface area contributed by atoms with E-state index in [0.29, 0.717) is 5.56 Å². The van der Waals surface area contributed by atoms with Gasteiger partial charge >= 0.3 is 0 Å². The van der Waals surface area contributed by atoms with Crippen LogP contribution in [0.4, 0.5) is 4.39 Å². The lowest BCUT2D eigenvalue weighted by Gasteiger charge is -1.96. The van der Waals surface area contributed by atoms with E-state index < -0.39 is 0 Å². The molecule has 1 rings (SSSR count). The molecule has 0 aromatic heterocycles. The van der Waals surface area contributed by atoms with Crippen LogP contribution in [-0.4, -0.2) is 0 Å². The minimum Gasteiger partial charge on any atom is -0.206 e. The van der Waals surface area contributed by atoms with Crippen LogP contribution in [0.15, 0.2) is 29.3 Å². The highest BCUT2D eigenvalue weighted by molar-refractivity contribution is 9.11. The highest BCUT2D eigenvalue weighted by Gasteiger charge is 1.96. The fourth-order valence-electron chi connectivity index (χ4n) is 0.776. The zero-order chi connectivity index (χ0) is 8.27. The molecule has 0 spiro atoms. The third kappa shape index (κ3) is 2.15. The lowest BCUT2D eigenvalue weighted by Crippen LogP contribution is -1.76. The molecule has 0 saturated carbocycles. The van der Waals surface area contributed by atoms with E-state index >= 15 is 0 Å². The van der Waals surface area contributed by atoms with Crippen LogP contribution in [0.5, 0.6) is 0 Å². The van der Waals surface area contributed by atoms with Crippen LogP contribution in [0.2, 0.25) is 0 Å². The predicted octanol–water partition coefficient (Wildman–Crippen LogP) is 3.66. The molecule has 0 N–H and O–H groups in total. The van der Waals surface area contributed by atoms with E-state index in [1.54, 1.807) is 12.1 Å². The van der Waals surface area contributed by atoms with Gasteiger partial charge in [0.2, 0.25) is 0 Å². The SMILES string of the molecule is Cc1ccc(/C(F)=C/Br)cc1. The van der Waals surface area contributed by atoms with Crippen LogP contribution in [0.3, 0.4) is 0 Å². The Hall–Kier alpha value is -0.630. The van der Waals surface area contributed by atoms with Crippen molar-refractivity contribution in [1.82, 2.24) is 0 Å². The van der Waals surface area contributed by atoms with E-state index in [-0.39, 0.29) is 5.83 Å². The van der Waals surface area contributed by atoms with Crippen molar-refractivity contribution in [3.63, 3.8) is 0 Å². The summed E-state index contributed by atoms with van der Waals surface area (Å²) in [5.74, 6) is -0.245. The van der Waals surface area contributed by atoms with Gasteiger partial charge in [-0.2, -0.15) is 0 Å². The van der Waals surface area contributed by atoms with Crippen molar-refractivity contribution in [2.75, 3.05) is 0 Å². The van der Waals surface area contributed by atoms with Crippen molar-refractivity contribution in [1.29, 1.82) is 0 Å². The Balaban J connectivity index is 2.99. The summed E-state index contributed by atoms with van der Waals surface area (Å²) < 4.78 is 12.8. The molecular formula is C9H8BrF. The molecule has 0 radical (unpaired) electrons. The number of hydrogen-bond acceptors (Lipinski definition) is 0. The average molecular weight is 215 g/mol. The Bertz CT molecular complexity index is 261. The number of rotatable bonds is 1. The molecule has 0 atom stereocenters. The molecule has 1 aromatic carbocycles. The Kier molecular flexibility index (Phi) is 2.83. The predicted molar refractivity (Wildman–Crippen MR) is 49.2 cm³/mol. The maximum atomic E-state index is 12.8. The third-order valence-corrected chi connectivity index (χ3v) is 1.83. The molecule has 0 aliphatic carbocycles. The van der Waals surface area contributed by atoms with E-state index in [0.717, 1.165) is 5.56 Å². The monoisotopic (exact) mass is 214 g/mol. The van der Waals surface area contributed by atoms with Crippen LogP contribution in [-0.2, 0) is 0 Å². The van der Waals surface area contributed by atoms with Gasteiger partial charge < -0.3 is 0 Å². The standard InChI is InChI=1S/C9H8BrF/c1-7-2-4-8(5-3-7)9(11)6-10/h2-6H,1H3/b9-6-. The molecule has 11 heavy (non-hydrogen) atoms. The first-order valence-corrected chi connectivity index (χ1v) is 4.18. The first-order valence-electron chi connectivity index (χ1n) is 3.27. The summed E-state index contributed by atoms with van der Waals surface area (Å²) in [6.07, 6.45) is 0. The van der Waals surface area contributed by atoms with E-state index in [4.69, 9.17) is 0 Å². The fourth-order valence-corrected chi connectivity index (χ4v) is 1.04. The summed E-state index contributed by atoms with van der Waals surface area (Å²) in [5, 5.41) is 0. The van der Waals surface area contributed by atoms with Crippen molar-refractivity contribution in [3.8, 4) is 0 Å². The minimum atomic E-state index is -0.245. The molecule has 0 nitrogen and oxygen atoms in total. The topological polar surface area (TPSA) is 0 Å². The largest absolute Gasteiger partial charge is 0.206 e. The van der Waals surface area contributed by atoms with Gasteiger partial charge in [0, 0.05) is 10.5 Å². The van der Waals surface area contributed by atoms with Gasteiger partial charge in [0.15, 0.2) is 0 Å². The van der Waals surface area contributed by atoms with Crippen molar-refractivity contribution < 1.29 is 4.39 Å². The van der Waals surface area contributed by atoms with Crippen LogP contribution >= 0.6 is 15.9 Å². The normalized spacial score (nSPS) is 11.7. The molecule has 0 saturated heterocycles. The Morgan fingerprint density at radius 1 is 1.36 bits per heavy atom. The summed E-state index contributed by atoms with van der Waals surface area (Å²) >= 11 is 2.93. The van der Waals surface area contributed by atoms with Crippen LogP contribution in [0.1, 0.15) is 11.1 Å². The highest BCUT2D eigenvalue weighted by Crippen LogP contribution is 2.17. The molecule has 0 aliphatic rings. The molecule has 0 fully saturated rings. The lowest BCUT2D eigenvalue weighted by atomic mass is 10.1. The number of benzene rings is 1. The maximum Gasteiger partial charge on any atom is 0.137 e. The van der Waals surface area contributed by atoms with E-state index in [1.165, 1.54) is 4.99 Å². The molecule has 0 aliphatic heterocycles. The fraction of sp³-hybridized carbons (Fsp3) is 0.111. The van der Waals surface area contributed by atoms with Gasteiger partial charge in [0.05, 0.1) is 0 Å². The summed E-state index contributed by atoms with van der Waals surface area (Å²) in [7, 11) is 0. The first-order chi connectivity index (χ1) is 5.24. The Morgan fingerprint density at radius 3 is 2.36 bits per heavy atom. The molecule has 2 heteroatoms. The molecule has 0 unspecified atom stereocenters. The number of hydrogen-bond donors (Lipinski definition) is 0. The van der Waals surface area contributed by atoms with Gasteiger partial charge in [-0.1, -0.05) is 45.8 Å². The second-order valence-electron chi connectivity index (χ2n) is 2.32. The van der Waals surface area contributed by atoms with Crippen molar-refractivity contribution in [2.24, 2.45) is 0 Å². The summed E-state index contributed by atoms with van der Waals surface area (Å²) in [4.78, 5) is 1.28. The van der Waals surface area contributed by atoms with Gasteiger partial charge in [0.1, 0.15) is 5.83 Å². The van der Waals surface area contributed by atoms with Gasteiger partial charge in [0.25, 0.3) is 0 Å². The zero-order valence-electron chi connectivity index (χ0n) is 6.14. The van der Waals surface area contributed by atoms with E-state index in [1.807, 2.05) is 19.1 Å². The quantitative estimate of drug-likeness (QED) is 0.670. The first kappa shape index (κ1) is 8.47. The Labute approximate surface area is 73.9 Å². The molecule has 0 heterocycles. The number of halogens is 2. The van der Waals surface area contributed by atoms with Gasteiger partial charge in [-0.25, -0.2) is 4.39 Å². The summed E-state index contributed by atoms with van der Waals surface area (Å²) in [6.45, 7) is 1.97. The van der Waals surface area contributed by atoms with E-state index in [9.17, 15) is 4.39 Å². The second kappa shape index (κ2) is 3.67. The highest BCUT2D eigenvalue weighted by atomic mass is 79.9. The van der Waals surface area contributed by atoms with Crippen molar-refractivity contribution >= 4 is 21.8 Å². The summed E-state index contributed by atoms with van der Waals surface area (Å²) in [5.41, 5.74) is 1.74. The van der Waals surface area contributed by atoms with Crippen LogP contribution in [0.25, 0.3) is 5.83 Å². The molecule has 1 aromatic rings.